The van der Waals surface area contributed by atoms with Crippen LogP contribution in [0.5, 0.6) is 5.88 Å². The SMILES string of the molecule is CCOc1cc(NCC2CNCCO2)ncn1. The molecule has 0 amide bonds. The van der Waals surface area contributed by atoms with Crippen molar-refractivity contribution >= 4 is 5.82 Å². The minimum atomic E-state index is 0.189. The van der Waals surface area contributed by atoms with Crippen molar-refractivity contribution in [3.8, 4) is 5.88 Å². The summed E-state index contributed by atoms with van der Waals surface area (Å²) >= 11 is 0. The molecular weight excluding hydrogens is 220 g/mol. The minimum Gasteiger partial charge on any atom is -0.478 e. The Bertz CT molecular complexity index is 342. The third kappa shape index (κ3) is 3.83. The van der Waals surface area contributed by atoms with E-state index in [1.54, 1.807) is 6.07 Å². The molecule has 1 fully saturated rings. The quantitative estimate of drug-likeness (QED) is 0.767. The highest BCUT2D eigenvalue weighted by Crippen LogP contribution is 2.11. The van der Waals surface area contributed by atoms with Crippen molar-refractivity contribution < 1.29 is 9.47 Å². The summed E-state index contributed by atoms with van der Waals surface area (Å²) in [5, 5.41) is 6.50. The Hall–Kier alpha value is -1.40. The van der Waals surface area contributed by atoms with E-state index in [2.05, 4.69) is 20.6 Å². The van der Waals surface area contributed by atoms with Crippen molar-refractivity contribution in [2.75, 3.05) is 38.2 Å². The van der Waals surface area contributed by atoms with Crippen molar-refractivity contribution in [1.29, 1.82) is 0 Å². The van der Waals surface area contributed by atoms with Gasteiger partial charge >= 0.3 is 0 Å². The standard InChI is InChI=1S/C11H18N4O2/c1-2-16-11-5-10(14-8-15-11)13-7-9-6-12-3-4-17-9/h5,8-9,12H,2-4,6-7H2,1H3,(H,13,14,15). The van der Waals surface area contributed by atoms with Gasteiger partial charge in [0.05, 0.1) is 19.3 Å². The molecule has 0 radical (unpaired) electrons. The van der Waals surface area contributed by atoms with Gasteiger partial charge in [-0.3, -0.25) is 0 Å². The van der Waals surface area contributed by atoms with Crippen molar-refractivity contribution in [2.24, 2.45) is 0 Å². The highest BCUT2D eigenvalue weighted by atomic mass is 16.5. The number of rotatable bonds is 5. The molecular formula is C11H18N4O2. The molecule has 2 rings (SSSR count). The summed E-state index contributed by atoms with van der Waals surface area (Å²) < 4.78 is 10.9. The van der Waals surface area contributed by atoms with Crippen LogP contribution in [0.4, 0.5) is 5.82 Å². The lowest BCUT2D eigenvalue weighted by Crippen LogP contribution is -2.42. The average Bonchev–Trinajstić information content (AvgIpc) is 2.39. The summed E-state index contributed by atoms with van der Waals surface area (Å²) in [4.78, 5) is 8.13. The van der Waals surface area contributed by atoms with Gasteiger partial charge in [-0.1, -0.05) is 0 Å². The van der Waals surface area contributed by atoms with Crippen LogP contribution in [0.1, 0.15) is 6.92 Å². The first-order valence-corrected chi connectivity index (χ1v) is 5.89. The fraction of sp³-hybridized carbons (Fsp3) is 0.636. The number of hydrogen-bond acceptors (Lipinski definition) is 6. The third-order valence-electron chi connectivity index (χ3n) is 2.45. The molecule has 1 atom stereocenters. The molecule has 17 heavy (non-hydrogen) atoms. The van der Waals surface area contributed by atoms with Crippen LogP contribution in [0.15, 0.2) is 12.4 Å². The second-order valence-corrected chi connectivity index (χ2v) is 3.75. The maximum atomic E-state index is 5.58. The maximum absolute atomic E-state index is 5.58. The van der Waals surface area contributed by atoms with E-state index in [9.17, 15) is 0 Å². The summed E-state index contributed by atoms with van der Waals surface area (Å²) in [6.07, 6.45) is 1.68. The molecule has 1 saturated heterocycles. The van der Waals surface area contributed by atoms with E-state index >= 15 is 0 Å². The first-order chi connectivity index (χ1) is 8.38. The highest BCUT2D eigenvalue weighted by molar-refractivity contribution is 5.37. The van der Waals surface area contributed by atoms with Crippen LogP contribution < -0.4 is 15.4 Å². The maximum Gasteiger partial charge on any atom is 0.218 e. The van der Waals surface area contributed by atoms with Crippen molar-refractivity contribution in [2.45, 2.75) is 13.0 Å². The molecule has 0 bridgehead atoms. The highest BCUT2D eigenvalue weighted by Gasteiger charge is 2.12. The smallest absolute Gasteiger partial charge is 0.218 e. The van der Waals surface area contributed by atoms with Crippen LogP contribution >= 0.6 is 0 Å². The third-order valence-corrected chi connectivity index (χ3v) is 2.45. The van der Waals surface area contributed by atoms with Gasteiger partial charge in [0.1, 0.15) is 12.1 Å². The normalized spacial score (nSPS) is 19.9. The fourth-order valence-electron chi connectivity index (χ4n) is 1.63. The summed E-state index contributed by atoms with van der Waals surface area (Å²) in [6.45, 7) is 5.83. The van der Waals surface area contributed by atoms with Gasteiger partial charge in [0.2, 0.25) is 5.88 Å². The lowest BCUT2D eigenvalue weighted by Gasteiger charge is -2.23. The zero-order valence-corrected chi connectivity index (χ0v) is 9.98. The van der Waals surface area contributed by atoms with E-state index in [-0.39, 0.29) is 6.10 Å². The Balaban J connectivity index is 1.83. The van der Waals surface area contributed by atoms with Gasteiger partial charge in [-0.15, -0.1) is 0 Å². The average molecular weight is 238 g/mol. The number of nitrogens with one attached hydrogen (secondary N) is 2. The largest absolute Gasteiger partial charge is 0.478 e. The van der Waals surface area contributed by atoms with Gasteiger partial charge in [0.25, 0.3) is 0 Å². The van der Waals surface area contributed by atoms with Crippen LogP contribution in [0.2, 0.25) is 0 Å². The second kappa shape index (κ2) is 6.36. The molecule has 0 aromatic carbocycles. The van der Waals surface area contributed by atoms with E-state index in [1.807, 2.05) is 6.92 Å². The van der Waals surface area contributed by atoms with Gasteiger partial charge < -0.3 is 20.1 Å². The Kier molecular flexibility index (Phi) is 4.52. The fourth-order valence-corrected chi connectivity index (χ4v) is 1.63. The van der Waals surface area contributed by atoms with Gasteiger partial charge in [0, 0.05) is 25.7 Å². The molecule has 6 heteroatoms. The van der Waals surface area contributed by atoms with Crippen LogP contribution in [0, 0.1) is 0 Å². The van der Waals surface area contributed by atoms with Crippen molar-refractivity contribution in [3.05, 3.63) is 12.4 Å². The van der Waals surface area contributed by atoms with E-state index in [0.29, 0.717) is 12.5 Å². The van der Waals surface area contributed by atoms with Crippen LogP contribution in [0.3, 0.4) is 0 Å². The molecule has 94 valence electrons. The zero-order valence-electron chi connectivity index (χ0n) is 9.98. The number of ether oxygens (including phenoxy) is 2. The molecule has 1 aliphatic rings. The second-order valence-electron chi connectivity index (χ2n) is 3.75. The van der Waals surface area contributed by atoms with E-state index in [1.165, 1.54) is 6.33 Å². The molecule has 1 aromatic rings. The predicted octanol–water partition coefficient (Wildman–Crippen LogP) is 0.276. The monoisotopic (exact) mass is 238 g/mol. The molecule has 2 N–H and O–H groups in total. The van der Waals surface area contributed by atoms with Gasteiger partial charge in [-0.05, 0) is 6.92 Å². The van der Waals surface area contributed by atoms with Crippen LogP contribution in [-0.4, -0.2) is 48.9 Å². The summed E-state index contributed by atoms with van der Waals surface area (Å²) in [6, 6.07) is 1.79. The Morgan fingerprint density at radius 2 is 2.53 bits per heavy atom. The molecule has 1 aliphatic heterocycles. The molecule has 6 nitrogen and oxygen atoms in total. The van der Waals surface area contributed by atoms with E-state index < -0.39 is 0 Å². The number of hydrogen-bond donors (Lipinski definition) is 2. The predicted molar refractivity (Wildman–Crippen MR) is 64.3 cm³/mol. The molecule has 2 heterocycles. The summed E-state index contributed by atoms with van der Waals surface area (Å²) in [7, 11) is 0. The summed E-state index contributed by atoms with van der Waals surface area (Å²) in [5.74, 6) is 1.35. The number of morpholine rings is 1. The first-order valence-electron chi connectivity index (χ1n) is 5.89. The molecule has 0 spiro atoms. The van der Waals surface area contributed by atoms with Crippen molar-refractivity contribution in [3.63, 3.8) is 0 Å². The number of anilines is 1. The van der Waals surface area contributed by atoms with Crippen LogP contribution in [0.25, 0.3) is 0 Å². The number of nitrogens with zero attached hydrogens (tertiary/aromatic N) is 2. The molecule has 0 saturated carbocycles. The van der Waals surface area contributed by atoms with Gasteiger partial charge in [-0.25, -0.2) is 9.97 Å². The lowest BCUT2D eigenvalue weighted by molar-refractivity contribution is 0.0372. The van der Waals surface area contributed by atoms with E-state index in [4.69, 9.17) is 9.47 Å². The topological polar surface area (TPSA) is 68.3 Å². The lowest BCUT2D eigenvalue weighted by atomic mass is 10.3. The molecule has 1 unspecified atom stereocenters. The zero-order chi connectivity index (χ0) is 11.9. The Labute approximate surface area is 101 Å². The molecule has 1 aromatic heterocycles. The Morgan fingerprint density at radius 1 is 1.59 bits per heavy atom. The Morgan fingerprint density at radius 3 is 3.29 bits per heavy atom. The van der Waals surface area contributed by atoms with Gasteiger partial charge in [0.15, 0.2) is 0 Å². The van der Waals surface area contributed by atoms with E-state index in [0.717, 1.165) is 32.1 Å². The summed E-state index contributed by atoms with van der Waals surface area (Å²) in [5.41, 5.74) is 0. The minimum absolute atomic E-state index is 0.189. The number of aromatic nitrogens is 2. The first kappa shape index (κ1) is 12.1. The van der Waals surface area contributed by atoms with Gasteiger partial charge in [-0.2, -0.15) is 0 Å². The molecule has 0 aliphatic carbocycles. The van der Waals surface area contributed by atoms with Crippen LogP contribution in [-0.2, 0) is 4.74 Å². The van der Waals surface area contributed by atoms with Crippen molar-refractivity contribution in [1.82, 2.24) is 15.3 Å².